The second-order valence-electron chi connectivity index (χ2n) is 5.26. The molecule has 6 nitrogen and oxygen atoms in total. The van der Waals surface area contributed by atoms with Crippen molar-refractivity contribution in [3.63, 3.8) is 0 Å². The lowest BCUT2D eigenvalue weighted by Gasteiger charge is -2.14. The molecule has 0 saturated carbocycles. The van der Waals surface area contributed by atoms with Crippen molar-refractivity contribution in [2.24, 2.45) is 0 Å². The molecule has 25 heavy (non-hydrogen) atoms. The first-order valence-electron chi connectivity index (χ1n) is 7.72. The molecule has 1 N–H and O–H groups in total. The summed E-state index contributed by atoms with van der Waals surface area (Å²) in [5, 5.41) is 11.7. The molecule has 2 aromatic carbocycles. The third-order valence-corrected chi connectivity index (χ3v) is 3.39. The summed E-state index contributed by atoms with van der Waals surface area (Å²) < 4.78 is 10.1. The highest BCUT2D eigenvalue weighted by atomic mass is 16.6. The molecule has 0 unspecified atom stereocenters. The molecule has 0 spiro atoms. The highest BCUT2D eigenvalue weighted by Crippen LogP contribution is 2.16. The van der Waals surface area contributed by atoms with Crippen molar-refractivity contribution in [2.45, 2.75) is 13.0 Å². The fourth-order valence-corrected chi connectivity index (χ4v) is 2.12. The molecule has 1 atom stereocenters. The number of carbonyl (C=O) groups excluding carboxylic acids is 2. The van der Waals surface area contributed by atoms with Gasteiger partial charge in [0.25, 0.3) is 5.91 Å². The first kappa shape index (κ1) is 18.0. The Morgan fingerprint density at radius 3 is 2.48 bits per heavy atom. The monoisotopic (exact) mass is 338 g/mol. The van der Waals surface area contributed by atoms with E-state index in [2.05, 4.69) is 5.32 Å². The fourth-order valence-electron chi connectivity index (χ4n) is 2.12. The number of nitrogens with zero attached hydrogens (tertiary/aromatic N) is 1. The van der Waals surface area contributed by atoms with E-state index in [4.69, 9.17) is 14.7 Å². The standard InChI is InChI=1S/C19H18N2O4/c1-14(15-7-3-2-4-8-15)21-18(22)12-25-19(23)13-24-17-10-6-5-9-16(17)11-20/h2-10,14H,12-13H2,1H3,(H,21,22)/t14-/m1/s1. The van der Waals surface area contributed by atoms with E-state index >= 15 is 0 Å². The largest absolute Gasteiger partial charge is 0.481 e. The van der Waals surface area contributed by atoms with Gasteiger partial charge in [-0.3, -0.25) is 4.79 Å². The van der Waals surface area contributed by atoms with Crippen molar-refractivity contribution in [1.29, 1.82) is 5.26 Å². The smallest absolute Gasteiger partial charge is 0.344 e. The number of benzene rings is 2. The van der Waals surface area contributed by atoms with Crippen molar-refractivity contribution < 1.29 is 19.1 Å². The summed E-state index contributed by atoms with van der Waals surface area (Å²) in [4.78, 5) is 23.5. The number of esters is 1. The normalized spacial score (nSPS) is 11.0. The zero-order valence-corrected chi connectivity index (χ0v) is 13.8. The summed E-state index contributed by atoms with van der Waals surface area (Å²) >= 11 is 0. The number of rotatable bonds is 7. The van der Waals surface area contributed by atoms with Crippen LogP contribution in [-0.4, -0.2) is 25.1 Å². The minimum Gasteiger partial charge on any atom is -0.481 e. The quantitative estimate of drug-likeness (QED) is 0.783. The summed E-state index contributed by atoms with van der Waals surface area (Å²) in [6, 6.07) is 17.8. The molecular formula is C19H18N2O4. The predicted molar refractivity (Wildman–Crippen MR) is 90.6 cm³/mol. The van der Waals surface area contributed by atoms with Crippen LogP contribution in [0.2, 0.25) is 0 Å². The van der Waals surface area contributed by atoms with Crippen LogP contribution in [0.3, 0.4) is 0 Å². The van der Waals surface area contributed by atoms with E-state index < -0.39 is 11.9 Å². The zero-order chi connectivity index (χ0) is 18.1. The maximum atomic E-state index is 11.8. The van der Waals surface area contributed by atoms with Crippen LogP contribution < -0.4 is 10.1 Å². The van der Waals surface area contributed by atoms with Crippen LogP contribution in [0, 0.1) is 11.3 Å². The van der Waals surface area contributed by atoms with E-state index in [1.165, 1.54) is 0 Å². The summed E-state index contributed by atoms with van der Waals surface area (Å²) in [6.45, 7) is 1.08. The van der Waals surface area contributed by atoms with Gasteiger partial charge in [-0.2, -0.15) is 5.26 Å². The van der Waals surface area contributed by atoms with Gasteiger partial charge < -0.3 is 14.8 Å². The molecule has 0 aliphatic rings. The molecule has 6 heteroatoms. The van der Waals surface area contributed by atoms with Gasteiger partial charge in [0.15, 0.2) is 13.2 Å². The fraction of sp³-hybridized carbons (Fsp3) is 0.211. The Morgan fingerprint density at radius 2 is 1.76 bits per heavy atom. The number of para-hydroxylation sites is 1. The molecule has 2 rings (SSSR count). The van der Waals surface area contributed by atoms with E-state index in [0.29, 0.717) is 11.3 Å². The number of nitriles is 1. The molecule has 0 aliphatic carbocycles. The summed E-state index contributed by atoms with van der Waals surface area (Å²) in [7, 11) is 0. The Morgan fingerprint density at radius 1 is 1.08 bits per heavy atom. The van der Waals surface area contributed by atoms with Gasteiger partial charge in [0.05, 0.1) is 11.6 Å². The summed E-state index contributed by atoms with van der Waals surface area (Å²) in [5.74, 6) is -0.790. The van der Waals surface area contributed by atoms with Gasteiger partial charge in [-0.05, 0) is 24.6 Å². The van der Waals surface area contributed by atoms with Crippen LogP contribution in [0.15, 0.2) is 54.6 Å². The van der Waals surface area contributed by atoms with Gasteiger partial charge in [-0.1, -0.05) is 42.5 Å². The van der Waals surface area contributed by atoms with Crippen LogP contribution in [0.1, 0.15) is 24.1 Å². The second-order valence-corrected chi connectivity index (χ2v) is 5.26. The highest BCUT2D eigenvalue weighted by molar-refractivity contribution is 5.81. The summed E-state index contributed by atoms with van der Waals surface area (Å²) in [5.41, 5.74) is 1.28. The lowest BCUT2D eigenvalue weighted by atomic mass is 10.1. The zero-order valence-electron chi connectivity index (χ0n) is 13.8. The van der Waals surface area contributed by atoms with Crippen molar-refractivity contribution in [3.8, 4) is 11.8 Å². The molecule has 0 aromatic heterocycles. The van der Waals surface area contributed by atoms with Gasteiger partial charge in [0.1, 0.15) is 11.8 Å². The molecular weight excluding hydrogens is 320 g/mol. The minimum absolute atomic E-state index is 0.189. The van der Waals surface area contributed by atoms with Gasteiger partial charge in [0.2, 0.25) is 0 Å². The molecule has 1 amide bonds. The molecule has 128 valence electrons. The number of ether oxygens (including phenoxy) is 2. The first-order valence-corrected chi connectivity index (χ1v) is 7.72. The van der Waals surface area contributed by atoms with E-state index in [0.717, 1.165) is 5.56 Å². The maximum Gasteiger partial charge on any atom is 0.344 e. The highest BCUT2D eigenvalue weighted by Gasteiger charge is 2.12. The van der Waals surface area contributed by atoms with Gasteiger partial charge in [0, 0.05) is 0 Å². The van der Waals surface area contributed by atoms with Gasteiger partial charge >= 0.3 is 5.97 Å². The van der Waals surface area contributed by atoms with E-state index in [1.807, 2.05) is 43.3 Å². The number of hydrogen-bond donors (Lipinski definition) is 1. The van der Waals surface area contributed by atoms with E-state index in [9.17, 15) is 9.59 Å². The number of hydrogen-bond acceptors (Lipinski definition) is 5. The van der Waals surface area contributed by atoms with Crippen LogP contribution in [0.25, 0.3) is 0 Å². The van der Waals surface area contributed by atoms with Crippen LogP contribution in [0.5, 0.6) is 5.75 Å². The molecule has 0 fully saturated rings. The lowest BCUT2D eigenvalue weighted by molar-refractivity contribution is -0.150. The SMILES string of the molecule is C[C@@H](NC(=O)COC(=O)COc1ccccc1C#N)c1ccccc1. The lowest BCUT2D eigenvalue weighted by Crippen LogP contribution is -2.31. The predicted octanol–water partition coefficient (Wildman–Crippen LogP) is 2.36. The number of amides is 1. The number of nitrogens with one attached hydrogen (secondary N) is 1. The van der Waals surface area contributed by atoms with Crippen molar-refractivity contribution in [1.82, 2.24) is 5.32 Å². The third kappa shape index (κ3) is 5.66. The van der Waals surface area contributed by atoms with Crippen LogP contribution in [-0.2, 0) is 14.3 Å². The van der Waals surface area contributed by atoms with Crippen molar-refractivity contribution in [2.75, 3.05) is 13.2 Å². The molecule has 0 radical (unpaired) electrons. The van der Waals surface area contributed by atoms with Crippen molar-refractivity contribution in [3.05, 3.63) is 65.7 Å². The molecule has 0 aliphatic heterocycles. The summed E-state index contributed by atoms with van der Waals surface area (Å²) in [6.07, 6.45) is 0. The number of carbonyl (C=O) groups is 2. The molecule has 0 saturated heterocycles. The van der Waals surface area contributed by atoms with E-state index in [1.54, 1.807) is 24.3 Å². The van der Waals surface area contributed by atoms with Crippen molar-refractivity contribution >= 4 is 11.9 Å². The Balaban J connectivity index is 1.74. The maximum absolute atomic E-state index is 11.8. The topological polar surface area (TPSA) is 88.4 Å². The van der Waals surface area contributed by atoms with Crippen LogP contribution in [0.4, 0.5) is 0 Å². The first-order chi connectivity index (χ1) is 12.1. The van der Waals surface area contributed by atoms with Gasteiger partial charge in [-0.15, -0.1) is 0 Å². The van der Waals surface area contributed by atoms with Crippen LogP contribution >= 0.6 is 0 Å². The Hall–Kier alpha value is -3.33. The average molecular weight is 338 g/mol. The average Bonchev–Trinajstić information content (AvgIpc) is 2.65. The minimum atomic E-state index is -0.685. The Bertz CT molecular complexity index is 768. The Labute approximate surface area is 146 Å². The molecule has 2 aromatic rings. The van der Waals surface area contributed by atoms with Gasteiger partial charge in [-0.25, -0.2) is 4.79 Å². The Kier molecular flexibility index (Phi) is 6.55. The third-order valence-electron chi connectivity index (χ3n) is 3.39. The van der Waals surface area contributed by atoms with E-state index in [-0.39, 0.29) is 19.3 Å². The second kappa shape index (κ2) is 9.08. The molecule has 0 bridgehead atoms. The molecule has 0 heterocycles.